The van der Waals surface area contributed by atoms with E-state index in [1.807, 2.05) is 12.1 Å². The number of hydrogen-bond donors (Lipinski definition) is 1. The quantitative estimate of drug-likeness (QED) is 0.815. The Bertz CT molecular complexity index is 989. The number of aliphatic imine (C=N–C) groups is 1. The molecule has 8 nitrogen and oxygen atoms in total. The Morgan fingerprint density at radius 1 is 1.22 bits per heavy atom. The predicted octanol–water partition coefficient (Wildman–Crippen LogP) is 2.33. The van der Waals surface area contributed by atoms with Crippen molar-refractivity contribution in [1.82, 2.24) is 15.1 Å². The molecule has 0 radical (unpaired) electrons. The number of rotatable bonds is 3. The topological polar surface area (TPSA) is 103 Å². The fourth-order valence-corrected chi connectivity index (χ4v) is 3.23. The molecule has 27 heavy (non-hydrogen) atoms. The Balaban J connectivity index is 1.98. The molecule has 9 heteroatoms. The number of nitrogens with zero attached hydrogens (tertiary/aromatic N) is 3. The van der Waals surface area contributed by atoms with Gasteiger partial charge in [0.25, 0.3) is 5.91 Å². The summed E-state index contributed by atoms with van der Waals surface area (Å²) in [6, 6.07) is 7.20. The third-order valence-corrected chi connectivity index (χ3v) is 4.52. The van der Waals surface area contributed by atoms with Gasteiger partial charge in [-0.1, -0.05) is 0 Å². The van der Waals surface area contributed by atoms with Gasteiger partial charge in [-0.25, -0.2) is 4.68 Å². The monoisotopic (exact) mass is 384 g/mol. The number of benzene rings is 1. The molecular weight excluding hydrogens is 368 g/mol. The average Bonchev–Trinajstić information content (AvgIpc) is 3.19. The molecular formula is C18H16N4O4S. The molecule has 138 valence electrons. The van der Waals surface area contributed by atoms with E-state index in [1.54, 1.807) is 31.5 Å². The maximum atomic E-state index is 12.1. The van der Waals surface area contributed by atoms with Crippen molar-refractivity contribution in [2.45, 2.75) is 13.8 Å². The number of methoxy groups -OCH3 is 1. The van der Waals surface area contributed by atoms with Gasteiger partial charge in [-0.3, -0.25) is 14.4 Å². The van der Waals surface area contributed by atoms with Gasteiger partial charge in [0.2, 0.25) is 11.8 Å². The molecule has 0 fully saturated rings. The number of aromatic nitrogens is 2. The van der Waals surface area contributed by atoms with Crippen LogP contribution in [0.5, 0.6) is 5.75 Å². The van der Waals surface area contributed by atoms with E-state index in [0.717, 1.165) is 17.3 Å². The Labute approximate surface area is 159 Å². The number of amides is 2. The van der Waals surface area contributed by atoms with E-state index in [9.17, 15) is 14.4 Å². The third-order valence-electron chi connectivity index (χ3n) is 3.62. The van der Waals surface area contributed by atoms with Gasteiger partial charge >= 0.3 is 0 Å². The molecule has 1 aromatic carbocycles. The third kappa shape index (κ3) is 4.14. The molecule has 1 aliphatic heterocycles. The van der Waals surface area contributed by atoms with Crippen LogP contribution in [0.3, 0.4) is 0 Å². The highest BCUT2D eigenvalue weighted by Gasteiger charge is 2.24. The van der Waals surface area contributed by atoms with Crippen LogP contribution in [0, 0.1) is 0 Å². The lowest BCUT2D eigenvalue weighted by molar-refractivity contribution is -0.117. The summed E-state index contributed by atoms with van der Waals surface area (Å²) in [6.45, 7) is 2.74. The first-order valence-corrected chi connectivity index (χ1v) is 8.74. The number of carbonyl (C=O) groups is 3. The van der Waals surface area contributed by atoms with Gasteiger partial charge in [-0.05, 0) is 42.1 Å². The van der Waals surface area contributed by atoms with Crippen molar-refractivity contribution < 1.29 is 19.1 Å². The van der Waals surface area contributed by atoms with Crippen LogP contribution in [-0.4, -0.2) is 39.8 Å². The summed E-state index contributed by atoms with van der Waals surface area (Å²) in [5.41, 5.74) is 1.90. The van der Waals surface area contributed by atoms with Crippen molar-refractivity contribution in [3.05, 3.63) is 40.9 Å². The van der Waals surface area contributed by atoms with Crippen molar-refractivity contribution in [1.29, 1.82) is 0 Å². The van der Waals surface area contributed by atoms with E-state index in [-0.39, 0.29) is 17.0 Å². The summed E-state index contributed by atoms with van der Waals surface area (Å²) in [5.74, 6) is -0.326. The predicted molar refractivity (Wildman–Crippen MR) is 102 cm³/mol. The van der Waals surface area contributed by atoms with E-state index < -0.39 is 5.91 Å². The highest BCUT2D eigenvalue weighted by atomic mass is 32.2. The Morgan fingerprint density at radius 3 is 2.52 bits per heavy atom. The Morgan fingerprint density at radius 2 is 1.93 bits per heavy atom. The molecule has 2 amide bonds. The summed E-state index contributed by atoms with van der Waals surface area (Å²) < 4.78 is 6.37. The second kappa shape index (κ2) is 7.58. The van der Waals surface area contributed by atoms with Gasteiger partial charge in [0.05, 0.1) is 12.0 Å². The summed E-state index contributed by atoms with van der Waals surface area (Å²) in [5, 5.41) is 7.04. The maximum absolute atomic E-state index is 12.1. The number of amidine groups is 1. The molecule has 0 saturated carbocycles. The van der Waals surface area contributed by atoms with Crippen molar-refractivity contribution in [2.75, 3.05) is 7.11 Å². The van der Waals surface area contributed by atoms with Crippen molar-refractivity contribution >= 4 is 40.7 Å². The summed E-state index contributed by atoms with van der Waals surface area (Å²) >= 11 is 1.06. The molecule has 0 saturated heterocycles. The fraction of sp³-hybridized carbons (Fsp3) is 0.167. The minimum absolute atomic E-state index is 0.226. The first kappa shape index (κ1) is 18.6. The van der Waals surface area contributed by atoms with Crippen LogP contribution in [0.25, 0.3) is 17.3 Å². The van der Waals surface area contributed by atoms with Crippen LogP contribution in [0.4, 0.5) is 0 Å². The van der Waals surface area contributed by atoms with Crippen molar-refractivity contribution in [2.24, 2.45) is 4.99 Å². The van der Waals surface area contributed by atoms with Gasteiger partial charge in [-0.15, -0.1) is 0 Å². The first-order valence-electron chi connectivity index (χ1n) is 7.92. The van der Waals surface area contributed by atoms with Gasteiger partial charge < -0.3 is 10.1 Å². The number of thioether (sulfide) groups is 1. The zero-order valence-corrected chi connectivity index (χ0v) is 15.7. The minimum atomic E-state index is -0.458. The zero-order valence-electron chi connectivity index (χ0n) is 14.8. The lowest BCUT2D eigenvalue weighted by Gasteiger charge is -2.02. The van der Waals surface area contributed by atoms with Crippen LogP contribution >= 0.6 is 11.8 Å². The SMILES string of the molecule is COc1ccc(-c2nn(C(C)=O)cc2/C=C2\SC(NC(C)=O)=NC2=O)cc1. The van der Waals surface area contributed by atoms with Crippen LogP contribution in [0.2, 0.25) is 0 Å². The van der Waals surface area contributed by atoms with Crippen molar-refractivity contribution in [3.63, 3.8) is 0 Å². The van der Waals surface area contributed by atoms with Gasteiger partial charge in [-0.2, -0.15) is 10.1 Å². The number of nitrogens with one attached hydrogen (secondary N) is 1. The van der Waals surface area contributed by atoms with Gasteiger partial charge in [0.15, 0.2) is 5.17 Å². The van der Waals surface area contributed by atoms with Crippen LogP contribution < -0.4 is 10.1 Å². The van der Waals surface area contributed by atoms with Crippen LogP contribution in [-0.2, 0) is 9.59 Å². The van der Waals surface area contributed by atoms with Crippen LogP contribution in [0.15, 0.2) is 40.4 Å². The molecule has 0 unspecified atom stereocenters. The van der Waals surface area contributed by atoms with Crippen LogP contribution in [0.1, 0.15) is 24.2 Å². The zero-order chi connectivity index (χ0) is 19.6. The number of hydrogen-bond acceptors (Lipinski definition) is 6. The summed E-state index contributed by atoms with van der Waals surface area (Å²) in [7, 11) is 1.57. The van der Waals surface area contributed by atoms with Gasteiger partial charge in [0.1, 0.15) is 11.4 Å². The summed E-state index contributed by atoms with van der Waals surface area (Å²) in [6.07, 6.45) is 3.16. The number of ether oxygens (including phenoxy) is 1. The lowest BCUT2D eigenvalue weighted by atomic mass is 10.1. The molecule has 2 aromatic rings. The molecule has 1 aliphatic rings. The average molecular weight is 384 g/mol. The van der Waals surface area contributed by atoms with E-state index >= 15 is 0 Å². The molecule has 0 atom stereocenters. The van der Waals surface area contributed by atoms with E-state index in [2.05, 4.69) is 15.4 Å². The van der Waals surface area contributed by atoms with Gasteiger partial charge in [0, 0.05) is 31.2 Å². The number of carbonyl (C=O) groups excluding carboxylic acids is 3. The molecule has 0 bridgehead atoms. The fourth-order valence-electron chi connectivity index (χ4n) is 2.38. The normalized spacial score (nSPS) is 15.0. The highest BCUT2D eigenvalue weighted by molar-refractivity contribution is 8.18. The second-order valence-corrected chi connectivity index (χ2v) is 6.67. The van der Waals surface area contributed by atoms with E-state index in [0.29, 0.717) is 21.9 Å². The second-order valence-electron chi connectivity index (χ2n) is 5.64. The smallest absolute Gasteiger partial charge is 0.286 e. The standard InChI is InChI=1S/C18H16N4O4S/c1-10(23)19-18-20-17(25)15(27-18)8-13-9-22(11(2)24)21-16(13)12-4-6-14(26-3)7-5-12/h4-9H,1-3H3,(H,19,20,23,25)/b15-8-. The van der Waals surface area contributed by atoms with Crippen molar-refractivity contribution in [3.8, 4) is 17.0 Å². The maximum Gasteiger partial charge on any atom is 0.286 e. The first-order chi connectivity index (χ1) is 12.9. The molecule has 2 heterocycles. The molecule has 3 rings (SSSR count). The molecule has 1 aromatic heterocycles. The summed E-state index contributed by atoms with van der Waals surface area (Å²) in [4.78, 5) is 39.1. The molecule has 0 aliphatic carbocycles. The Hall–Kier alpha value is -3.20. The van der Waals surface area contributed by atoms with E-state index in [1.165, 1.54) is 18.5 Å². The molecule has 0 spiro atoms. The molecule has 1 N–H and O–H groups in total. The Kier molecular flexibility index (Phi) is 5.22. The largest absolute Gasteiger partial charge is 0.497 e. The highest BCUT2D eigenvalue weighted by Crippen LogP contribution is 2.31. The minimum Gasteiger partial charge on any atom is -0.497 e. The lowest BCUT2D eigenvalue weighted by Crippen LogP contribution is -2.23. The van der Waals surface area contributed by atoms with E-state index in [4.69, 9.17) is 4.74 Å².